The fourth-order valence-electron chi connectivity index (χ4n) is 2.38. The van der Waals surface area contributed by atoms with Crippen LogP contribution in [0.5, 0.6) is 0 Å². The number of carboxylic acid groups (broad SMARTS) is 1. The molecule has 5 nitrogen and oxygen atoms in total. The highest BCUT2D eigenvalue weighted by Gasteiger charge is 2.49. The Labute approximate surface area is 101 Å². The van der Waals surface area contributed by atoms with Gasteiger partial charge in [0.1, 0.15) is 0 Å². The molecule has 1 aliphatic carbocycles. The van der Waals surface area contributed by atoms with Gasteiger partial charge in [-0.2, -0.15) is 0 Å². The highest BCUT2D eigenvalue weighted by Crippen LogP contribution is 2.40. The molecule has 1 aliphatic heterocycles. The van der Waals surface area contributed by atoms with Gasteiger partial charge in [-0.05, 0) is 26.2 Å². The topological polar surface area (TPSA) is 66.8 Å². The molecule has 0 bridgehead atoms. The van der Waals surface area contributed by atoms with Gasteiger partial charge in [-0.25, -0.2) is 0 Å². The lowest BCUT2D eigenvalue weighted by molar-refractivity contribution is -0.142. The number of rotatable bonds is 5. The molecule has 0 aromatic heterocycles. The summed E-state index contributed by atoms with van der Waals surface area (Å²) in [5, 5.41) is 8.82. The normalized spacial score (nSPS) is 31.2. The fraction of sp³-hybridized carbons (Fsp3) is 0.833. The number of likely N-dealkylation sites (N-methyl/N-ethyl adjacent to an activating group) is 1. The zero-order valence-corrected chi connectivity index (χ0v) is 10.1. The second-order valence-corrected chi connectivity index (χ2v) is 4.80. The highest BCUT2D eigenvalue weighted by atomic mass is 16.5. The quantitative estimate of drug-likeness (QED) is 0.770. The van der Waals surface area contributed by atoms with Crippen LogP contribution in [-0.2, 0) is 14.3 Å². The van der Waals surface area contributed by atoms with Crippen molar-refractivity contribution in [2.75, 3.05) is 19.7 Å². The summed E-state index contributed by atoms with van der Waals surface area (Å²) in [6.07, 6.45) is 2.69. The van der Waals surface area contributed by atoms with Crippen molar-refractivity contribution < 1.29 is 19.4 Å². The van der Waals surface area contributed by atoms with E-state index in [-0.39, 0.29) is 17.9 Å². The van der Waals surface area contributed by atoms with E-state index in [1.807, 2.05) is 6.92 Å². The van der Waals surface area contributed by atoms with Crippen LogP contribution in [0.4, 0.5) is 0 Å². The second kappa shape index (κ2) is 5.04. The zero-order valence-electron chi connectivity index (χ0n) is 10.1. The summed E-state index contributed by atoms with van der Waals surface area (Å²) < 4.78 is 5.50. The summed E-state index contributed by atoms with van der Waals surface area (Å²) in [5.74, 6) is -1.62. The Kier molecular flexibility index (Phi) is 3.66. The lowest BCUT2D eigenvalue weighted by Gasteiger charge is -2.24. The molecule has 0 unspecified atom stereocenters. The number of amides is 1. The number of carbonyl (C=O) groups excluding carboxylic acids is 1. The summed E-state index contributed by atoms with van der Waals surface area (Å²) in [7, 11) is 0. The van der Waals surface area contributed by atoms with Gasteiger partial charge in [0, 0.05) is 19.7 Å². The minimum Gasteiger partial charge on any atom is -0.481 e. The predicted molar refractivity (Wildman–Crippen MR) is 60.5 cm³/mol. The molecule has 0 radical (unpaired) electrons. The van der Waals surface area contributed by atoms with E-state index in [1.54, 1.807) is 4.90 Å². The molecule has 1 heterocycles. The van der Waals surface area contributed by atoms with Gasteiger partial charge in [-0.1, -0.05) is 0 Å². The van der Waals surface area contributed by atoms with Crippen LogP contribution in [0.15, 0.2) is 0 Å². The maximum Gasteiger partial charge on any atom is 0.307 e. The summed E-state index contributed by atoms with van der Waals surface area (Å²) in [6, 6.07) is 0. The third kappa shape index (κ3) is 2.77. The Hall–Kier alpha value is -1.10. The molecule has 2 fully saturated rings. The molecular weight excluding hydrogens is 222 g/mol. The van der Waals surface area contributed by atoms with Crippen molar-refractivity contribution in [3.8, 4) is 0 Å². The first kappa shape index (κ1) is 12.4. The van der Waals surface area contributed by atoms with Crippen molar-refractivity contribution in [2.45, 2.75) is 32.3 Å². The lowest BCUT2D eigenvalue weighted by Crippen LogP contribution is -2.38. The van der Waals surface area contributed by atoms with Crippen molar-refractivity contribution in [3.63, 3.8) is 0 Å². The maximum absolute atomic E-state index is 12.0. The molecule has 17 heavy (non-hydrogen) atoms. The average molecular weight is 241 g/mol. The van der Waals surface area contributed by atoms with E-state index >= 15 is 0 Å². The van der Waals surface area contributed by atoms with Gasteiger partial charge in [0.15, 0.2) is 0 Å². The average Bonchev–Trinajstić information content (AvgIpc) is 2.96. The van der Waals surface area contributed by atoms with E-state index in [2.05, 4.69) is 0 Å². The molecule has 5 heteroatoms. The van der Waals surface area contributed by atoms with Crippen LogP contribution in [-0.4, -0.2) is 47.7 Å². The largest absolute Gasteiger partial charge is 0.481 e. The van der Waals surface area contributed by atoms with Crippen molar-refractivity contribution in [3.05, 3.63) is 0 Å². The van der Waals surface area contributed by atoms with Crippen molar-refractivity contribution in [2.24, 2.45) is 11.8 Å². The van der Waals surface area contributed by atoms with Gasteiger partial charge in [0.05, 0.1) is 17.9 Å². The molecule has 1 amide bonds. The second-order valence-electron chi connectivity index (χ2n) is 4.80. The summed E-state index contributed by atoms with van der Waals surface area (Å²) in [6.45, 7) is 3.93. The Morgan fingerprint density at radius 1 is 1.41 bits per heavy atom. The Morgan fingerprint density at radius 2 is 2.18 bits per heavy atom. The Balaban J connectivity index is 1.85. The summed E-state index contributed by atoms with van der Waals surface area (Å²) in [5.41, 5.74) is 0. The molecule has 1 saturated carbocycles. The first-order valence-corrected chi connectivity index (χ1v) is 6.26. The first-order valence-electron chi connectivity index (χ1n) is 6.26. The monoisotopic (exact) mass is 241 g/mol. The van der Waals surface area contributed by atoms with Crippen molar-refractivity contribution in [1.29, 1.82) is 0 Å². The van der Waals surface area contributed by atoms with Crippen LogP contribution in [0.25, 0.3) is 0 Å². The number of nitrogens with zero attached hydrogens (tertiary/aromatic N) is 1. The molecular formula is C12H19NO4. The van der Waals surface area contributed by atoms with E-state index in [1.165, 1.54) is 0 Å². The van der Waals surface area contributed by atoms with Gasteiger partial charge in [-0.15, -0.1) is 0 Å². The van der Waals surface area contributed by atoms with E-state index in [4.69, 9.17) is 9.84 Å². The first-order chi connectivity index (χ1) is 8.13. The van der Waals surface area contributed by atoms with Gasteiger partial charge in [-0.3, -0.25) is 9.59 Å². The molecule has 2 rings (SSSR count). The molecule has 1 saturated heterocycles. The summed E-state index contributed by atoms with van der Waals surface area (Å²) in [4.78, 5) is 24.5. The zero-order chi connectivity index (χ0) is 12.4. The van der Waals surface area contributed by atoms with Gasteiger partial charge < -0.3 is 14.7 Å². The molecule has 1 N–H and O–H groups in total. The van der Waals surface area contributed by atoms with E-state index in [0.29, 0.717) is 19.5 Å². The number of hydrogen-bond acceptors (Lipinski definition) is 3. The van der Waals surface area contributed by atoms with Crippen LogP contribution in [0.1, 0.15) is 26.2 Å². The van der Waals surface area contributed by atoms with Gasteiger partial charge in [0.25, 0.3) is 0 Å². The van der Waals surface area contributed by atoms with Crippen molar-refractivity contribution >= 4 is 11.9 Å². The van der Waals surface area contributed by atoms with Crippen LogP contribution >= 0.6 is 0 Å². The summed E-state index contributed by atoms with van der Waals surface area (Å²) >= 11 is 0. The standard InChI is InChI=1S/C12H19NO4/c1-2-13(7-8-4-3-5-17-8)11(14)9-6-10(9)12(15)16/h8-10H,2-7H2,1H3,(H,15,16)/t8-,9+,10+/m0/s1. The smallest absolute Gasteiger partial charge is 0.307 e. The fourth-order valence-corrected chi connectivity index (χ4v) is 2.38. The molecule has 2 aliphatic rings. The van der Waals surface area contributed by atoms with E-state index < -0.39 is 11.9 Å². The van der Waals surface area contributed by atoms with E-state index in [9.17, 15) is 9.59 Å². The molecule has 96 valence electrons. The lowest BCUT2D eigenvalue weighted by atomic mass is 10.2. The van der Waals surface area contributed by atoms with Gasteiger partial charge in [0.2, 0.25) is 5.91 Å². The molecule has 3 atom stereocenters. The number of aliphatic carboxylic acids is 1. The molecule has 0 aromatic carbocycles. The van der Waals surface area contributed by atoms with Crippen LogP contribution in [0.3, 0.4) is 0 Å². The maximum atomic E-state index is 12.0. The SMILES string of the molecule is CCN(C[C@@H]1CCCO1)C(=O)[C@@H]1C[C@H]1C(=O)O. The number of hydrogen-bond donors (Lipinski definition) is 1. The molecule has 0 aromatic rings. The number of ether oxygens (including phenoxy) is 1. The van der Waals surface area contributed by atoms with Crippen molar-refractivity contribution in [1.82, 2.24) is 4.90 Å². The Bertz CT molecular complexity index is 312. The van der Waals surface area contributed by atoms with Crippen LogP contribution in [0, 0.1) is 11.8 Å². The van der Waals surface area contributed by atoms with Crippen LogP contribution < -0.4 is 0 Å². The number of carbonyl (C=O) groups is 2. The van der Waals surface area contributed by atoms with Gasteiger partial charge >= 0.3 is 5.97 Å². The van der Waals surface area contributed by atoms with E-state index in [0.717, 1.165) is 19.4 Å². The Morgan fingerprint density at radius 3 is 2.65 bits per heavy atom. The number of carboxylic acids is 1. The molecule has 0 spiro atoms. The third-order valence-electron chi connectivity index (χ3n) is 3.57. The third-order valence-corrected chi connectivity index (χ3v) is 3.57. The van der Waals surface area contributed by atoms with Crippen LogP contribution in [0.2, 0.25) is 0 Å². The minimum atomic E-state index is -0.850. The predicted octanol–water partition coefficient (Wildman–Crippen LogP) is 0.735. The minimum absolute atomic E-state index is 0.0181. The highest BCUT2D eigenvalue weighted by molar-refractivity contribution is 5.89.